The van der Waals surface area contributed by atoms with Crippen LogP contribution in [0.2, 0.25) is 0 Å². The number of hydrogen-bond donors (Lipinski definition) is 1. The van der Waals surface area contributed by atoms with E-state index in [4.69, 9.17) is 0 Å². The predicted octanol–water partition coefficient (Wildman–Crippen LogP) is 2.06. The van der Waals surface area contributed by atoms with Gasteiger partial charge < -0.3 is 5.32 Å². The van der Waals surface area contributed by atoms with Gasteiger partial charge in [0.15, 0.2) is 0 Å². The first-order valence-corrected chi connectivity index (χ1v) is 5.78. The molecule has 3 nitrogen and oxygen atoms in total. The van der Waals surface area contributed by atoms with Gasteiger partial charge >= 0.3 is 6.08 Å². The van der Waals surface area contributed by atoms with E-state index in [2.05, 4.69) is 22.2 Å². The second kappa shape index (κ2) is 4.30. The summed E-state index contributed by atoms with van der Waals surface area (Å²) in [6.45, 7) is 2.09. The molecule has 1 aromatic heterocycles. The molecule has 1 fully saturated rings. The summed E-state index contributed by atoms with van der Waals surface area (Å²) in [5.74, 6) is 0.442. The van der Waals surface area contributed by atoms with E-state index >= 15 is 0 Å². The molecule has 82 valence electrons. The lowest BCUT2D eigenvalue weighted by Crippen LogP contribution is -2.25. The fourth-order valence-corrected chi connectivity index (χ4v) is 2.77. The number of aromatic nitrogens is 2. The number of thioether (sulfide) groups is 1. The van der Waals surface area contributed by atoms with Crippen molar-refractivity contribution in [3.8, 4) is 0 Å². The van der Waals surface area contributed by atoms with Crippen molar-refractivity contribution in [2.75, 3.05) is 11.1 Å². The average molecular weight is 231 g/mol. The van der Waals surface area contributed by atoms with Crippen molar-refractivity contribution >= 4 is 17.6 Å². The molecule has 1 N–H and O–H groups in total. The lowest BCUT2D eigenvalue weighted by atomic mass is 10.2. The zero-order valence-corrected chi connectivity index (χ0v) is 9.02. The molecule has 15 heavy (non-hydrogen) atoms. The summed E-state index contributed by atoms with van der Waals surface area (Å²) < 4.78 is 25.5. The van der Waals surface area contributed by atoms with Gasteiger partial charge in [0.25, 0.3) is 0 Å². The highest BCUT2D eigenvalue weighted by Crippen LogP contribution is 2.28. The molecule has 2 unspecified atom stereocenters. The molecule has 0 aromatic carbocycles. The van der Waals surface area contributed by atoms with Crippen LogP contribution in [0.1, 0.15) is 13.3 Å². The molecule has 1 aliphatic rings. The van der Waals surface area contributed by atoms with Crippen LogP contribution in [0.5, 0.6) is 0 Å². The van der Waals surface area contributed by atoms with Crippen LogP contribution >= 0.6 is 11.8 Å². The molecule has 0 saturated carbocycles. The Kier molecular flexibility index (Phi) is 3.04. The van der Waals surface area contributed by atoms with Crippen molar-refractivity contribution in [3.05, 3.63) is 18.1 Å². The quantitative estimate of drug-likeness (QED) is 0.624. The monoisotopic (exact) mass is 231 g/mol. The Bertz CT molecular complexity index is 341. The molecule has 2 heterocycles. The van der Waals surface area contributed by atoms with Gasteiger partial charge in [-0.15, -0.1) is 0 Å². The maximum Gasteiger partial charge on any atom is 0.313 e. The highest BCUT2D eigenvalue weighted by molar-refractivity contribution is 8.00. The predicted molar refractivity (Wildman–Crippen MR) is 55.9 cm³/mol. The topological polar surface area (TPSA) is 37.8 Å². The molecule has 0 spiro atoms. The van der Waals surface area contributed by atoms with Crippen LogP contribution < -0.4 is 5.32 Å². The van der Waals surface area contributed by atoms with E-state index in [1.165, 1.54) is 0 Å². The van der Waals surface area contributed by atoms with E-state index in [-0.39, 0.29) is 11.9 Å². The summed E-state index contributed by atoms with van der Waals surface area (Å²) >= 11 is 1.84. The van der Waals surface area contributed by atoms with E-state index in [0.29, 0.717) is 5.25 Å². The van der Waals surface area contributed by atoms with Gasteiger partial charge in [-0.25, -0.2) is 0 Å². The van der Waals surface area contributed by atoms with E-state index in [1.54, 1.807) is 0 Å². The third-order valence-corrected chi connectivity index (χ3v) is 3.70. The first kappa shape index (κ1) is 10.6. The number of nitrogens with zero attached hydrogens (tertiary/aromatic N) is 2. The summed E-state index contributed by atoms with van der Waals surface area (Å²) in [5.41, 5.74) is 0. The van der Waals surface area contributed by atoms with Crippen molar-refractivity contribution < 1.29 is 8.78 Å². The largest absolute Gasteiger partial charge is 0.366 e. The smallest absolute Gasteiger partial charge is 0.313 e. The normalized spacial score (nSPS) is 25.5. The minimum atomic E-state index is -1.03. The molecule has 1 saturated heterocycles. The highest BCUT2D eigenvalue weighted by atomic mass is 32.2. The standard InChI is InChI=1S/C9H11F2N3S/c1-5-6(2-3-15-5)12-8-4-7(10)13-9(11)14-8/h4-6H,2-3H2,1H3,(H,12,13,14). The van der Waals surface area contributed by atoms with E-state index < -0.39 is 12.0 Å². The van der Waals surface area contributed by atoms with Gasteiger partial charge in [-0.2, -0.15) is 30.5 Å². The summed E-state index contributed by atoms with van der Waals surface area (Å²) in [7, 11) is 0. The number of hydrogen-bond acceptors (Lipinski definition) is 4. The number of anilines is 1. The van der Waals surface area contributed by atoms with Crippen molar-refractivity contribution in [2.24, 2.45) is 0 Å². The maximum atomic E-state index is 12.8. The maximum absolute atomic E-state index is 12.8. The molecule has 1 aliphatic heterocycles. The third kappa shape index (κ3) is 2.56. The van der Waals surface area contributed by atoms with Crippen molar-refractivity contribution in [2.45, 2.75) is 24.6 Å². The Balaban J connectivity index is 2.10. The van der Waals surface area contributed by atoms with Crippen molar-refractivity contribution in [1.82, 2.24) is 9.97 Å². The fourth-order valence-electron chi connectivity index (χ4n) is 1.58. The lowest BCUT2D eigenvalue weighted by Gasteiger charge is -2.16. The second-order valence-electron chi connectivity index (χ2n) is 3.46. The summed E-state index contributed by atoms with van der Waals surface area (Å²) in [6, 6.07) is 1.34. The zero-order valence-electron chi connectivity index (χ0n) is 8.20. The summed E-state index contributed by atoms with van der Waals surface area (Å²) in [5, 5.41) is 3.46. The van der Waals surface area contributed by atoms with Gasteiger partial charge in [0.1, 0.15) is 5.82 Å². The van der Waals surface area contributed by atoms with Gasteiger partial charge in [0, 0.05) is 17.4 Å². The van der Waals surface area contributed by atoms with Crippen LogP contribution in [-0.2, 0) is 0 Å². The number of halogens is 2. The van der Waals surface area contributed by atoms with Crippen molar-refractivity contribution in [1.29, 1.82) is 0 Å². The average Bonchev–Trinajstić information content (AvgIpc) is 2.50. The molecule has 0 bridgehead atoms. The van der Waals surface area contributed by atoms with Gasteiger partial charge in [-0.1, -0.05) is 6.92 Å². The molecule has 2 atom stereocenters. The lowest BCUT2D eigenvalue weighted by molar-refractivity contribution is 0.483. The molecule has 1 aromatic rings. The zero-order chi connectivity index (χ0) is 10.8. The Hall–Kier alpha value is -0.910. The van der Waals surface area contributed by atoms with Gasteiger partial charge in [-0.05, 0) is 12.2 Å². The van der Waals surface area contributed by atoms with Crippen LogP contribution in [0.3, 0.4) is 0 Å². The molecular weight excluding hydrogens is 220 g/mol. The first-order chi connectivity index (χ1) is 7.15. The van der Waals surface area contributed by atoms with Crippen LogP contribution in [-0.4, -0.2) is 27.0 Å². The van der Waals surface area contributed by atoms with E-state index in [9.17, 15) is 8.78 Å². The van der Waals surface area contributed by atoms with Crippen LogP contribution in [0, 0.1) is 12.0 Å². The SMILES string of the molecule is CC1SCCC1Nc1cc(F)nc(F)n1. The molecule has 0 amide bonds. The molecule has 0 radical (unpaired) electrons. The third-order valence-electron chi connectivity index (χ3n) is 2.38. The Morgan fingerprint density at radius 3 is 2.87 bits per heavy atom. The first-order valence-electron chi connectivity index (χ1n) is 4.73. The van der Waals surface area contributed by atoms with Crippen LogP contribution in [0.15, 0.2) is 6.07 Å². The molecule has 6 heteroatoms. The van der Waals surface area contributed by atoms with Crippen LogP contribution in [0.25, 0.3) is 0 Å². The van der Waals surface area contributed by atoms with Gasteiger partial charge in [0.05, 0.1) is 0 Å². The molecule has 0 aliphatic carbocycles. The summed E-state index contributed by atoms with van der Waals surface area (Å²) in [4.78, 5) is 6.43. The summed E-state index contributed by atoms with van der Waals surface area (Å²) in [6.07, 6.45) is -0.0465. The minimum absolute atomic E-state index is 0.222. The number of nitrogens with one attached hydrogen (secondary N) is 1. The Labute approximate surface area is 90.7 Å². The Morgan fingerprint density at radius 1 is 1.47 bits per heavy atom. The van der Waals surface area contributed by atoms with Gasteiger partial charge in [-0.3, -0.25) is 0 Å². The van der Waals surface area contributed by atoms with E-state index in [0.717, 1.165) is 18.2 Å². The molecular formula is C9H11F2N3S. The number of rotatable bonds is 2. The molecule has 2 rings (SSSR count). The highest BCUT2D eigenvalue weighted by Gasteiger charge is 2.24. The fraction of sp³-hybridized carbons (Fsp3) is 0.556. The van der Waals surface area contributed by atoms with Crippen LogP contribution in [0.4, 0.5) is 14.6 Å². The van der Waals surface area contributed by atoms with E-state index in [1.807, 2.05) is 11.8 Å². The van der Waals surface area contributed by atoms with Crippen molar-refractivity contribution in [3.63, 3.8) is 0 Å². The van der Waals surface area contributed by atoms with Gasteiger partial charge in [0.2, 0.25) is 5.95 Å². The minimum Gasteiger partial charge on any atom is -0.366 e. The second-order valence-corrected chi connectivity index (χ2v) is 4.95. The Morgan fingerprint density at radius 2 is 2.27 bits per heavy atom.